The molecule has 0 saturated heterocycles. The highest BCUT2D eigenvalue weighted by molar-refractivity contribution is 5.95. The second-order valence-corrected chi connectivity index (χ2v) is 5.41. The predicted molar refractivity (Wildman–Crippen MR) is 86.3 cm³/mol. The van der Waals surface area contributed by atoms with Crippen LogP contribution in [-0.4, -0.2) is 0 Å². The summed E-state index contributed by atoms with van der Waals surface area (Å²) in [7, 11) is 0. The normalized spacial score (nSPS) is 23.7. The largest absolute Gasteiger partial charge is 0.0767 e. The molecule has 0 amide bonds. The van der Waals surface area contributed by atoms with Gasteiger partial charge in [0.15, 0.2) is 0 Å². The van der Waals surface area contributed by atoms with E-state index in [0.717, 1.165) is 0 Å². The first-order valence-electron chi connectivity index (χ1n) is 7.15. The molecule has 0 nitrogen and oxygen atoms in total. The van der Waals surface area contributed by atoms with Crippen molar-refractivity contribution in [3.05, 3.63) is 90.6 Å². The average molecular weight is 256 g/mol. The molecule has 0 saturated carbocycles. The van der Waals surface area contributed by atoms with Crippen molar-refractivity contribution in [1.82, 2.24) is 0 Å². The Bertz CT molecular complexity index is 766. The summed E-state index contributed by atoms with van der Waals surface area (Å²) in [6.07, 6.45) is 15.7. The standard InChI is InChI=1S/C20H16/c1-3-11-17-15(7-1)9-5-13-19(17)20-14-6-10-16-8-2-4-12-18(16)20/h1-15,17H. The Hall–Kier alpha value is -2.34. The van der Waals surface area contributed by atoms with Gasteiger partial charge < -0.3 is 0 Å². The Balaban J connectivity index is 1.91. The first-order valence-corrected chi connectivity index (χ1v) is 7.15. The highest BCUT2D eigenvalue weighted by Crippen LogP contribution is 2.39. The summed E-state index contributed by atoms with van der Waals surface area (Å²) in [5.74, 6) is 0.967. The SMILES string of the molecule is C1=CC2C=CC=C(c3cccc4ccccc34)C2C=C1. The van der Waals surface area contributed by atoms with Crippen molar-refractivity contribution in [2.45, 2.75) is 0 Å². The maximum Gasteiger partial charge on any atom is 0.0125 e. The molecular formula is C20H16. The van der Waals surface area contributed by atoms with E-state index in [4.69, 9.17) is 0 Å². The molecule has 2 aromatic rings. The minimum absolute atomic E-state index is 0.468. The molecule has 2 aliphatic carbocycles. The average Bonchev–Trinajstić information content (AvgIpc) is 2.54. The summed E-state index contributed by atoms with van der Waals surface area (Å²) in [6, 6.07) is 15.2. The Kier molecular flexibility index (Phi) is 2.67. The fourth-order valence-corrected chi connectivity index (χ4v) is 3.26. The van der Waals surface area contributed by atoms with Crippen LogP contribution in [0.25, 0.3) is 16.3 Å². The van der Waals surface area contributed by atoms with E-state index in [1.54, 1.807) is 0 Å². The summed E-state index contributed by atoms with van der Waals surface area (Å²) >= 11 is 0. The molecule has 4 rings (SSSR count). The number of allylic oxidation sites excluding steroid dienone is 8. The van der Waals surface area contributed by atoms with Crippen molar-refractivity contribution >= 4 is 16.3 Å². The van der Waals surface area contributed by atoms with Crippen molar-refractivity contribution in [2.24, 2.45) is 11.8 Å². The van der Waals surface area contributed by atoms with Gasteiger partial charge in [0.1, 0.15) is 0 Å². The Morgan fingerprint density at radius 3 is 2.50 bits per heavy atom. The van der Waals surface area contributed by atoms with Crippen molar-refractivity contribution < 1.29 is 0 Å². The van der Waals surface area contributed by atoms with Gasteiger partial charge in [-0.05, 0) is 21.9 Å². The topological polar surface area (TPSA) is 0 Å². The van der Waals surface area contributed by atoms with E-state index in [-0.39, 0.29) is 0 Å². The van der Waals surface area contributed by atoms with Crippen LogP contribution in [0.3, 0.4) is 0 Å². The number of benzene rings is 2. The van der Waals surface area contributed by atoms with E-state index in [2.05, 4.69) is 85.0 Å². The monoisotopic (exact) mass is 256 g/mol. The fraction of sp³-hybridized carbons (Fsp3) is 0.100. The molecule has 0 N–H and O–H groups in total. The fourth-order valence-electron chi connectivity index (χ4n) is 3.26. The van der Waals surface area contributed by atoms with Gasteiger partial charge in [-0.2, -0.15) is 0 Å². The number of rotatable bonds is 1. The van der Waals surface area contributed by atoms with Crippen LogP contribution in [0.5, 0.6) is 0 Å². The molecule has 0 bridgehead atoms. The molecule has 0 aromatic heterocycles. The van der Waals surface area contributed by atoms with Crippen LogP contribution in [0, 0.1) is 11.8 Å². The van der Waals surface area contributed by atoms with Gasteiger partial charge >= 0.3 is 0 Å². The molecule has 2 aromatic carbocycles. The lowest BCUT2D eigenvalue weighted by Crippen LogP contribution is -2.15. The van der Waals surface area contributed by atoms with Gasteiger partial charge in [-0.15, -0.1) is 0 Å². The smallest absolute Gasteiger partial charge is 0.0125 e. The molecule has 2 aliphatic rings. The zero-order chi connectivity index (χ0) is 13.4. The summed E-state index contributed by atoms with van der Waals surface area (Å²) in [5, 5.41) is 2.66. The van der Waals surface area contributed by atoms with Crippen molar-refractivity contribution in [3.8, 4) is 0 Å². The minimum atomic E-state index is 0.468. The minimum Gasteiger partial charge on any atom is -0.0767 e. The van der Waals surface area contributed by atoms with E-state index in [1.165, 1.54) is 21.9 Å². The van der Waals surface area contributed by atoms with Gasteiger partial charge in [-0.25, -0.2) is 0 Å². The van der Waals surface area contributed by atoms with E-state index >= 15 is 0 Å². The van der Waals surface area contributed by atoms with E-state index in [0.29, 0.717) is 11.8 Å². The Morgan fingerprint density at radius 1 is 0.700 bits per heavy atom. The number of hydrogen-bond acceptors (Lipinski definition) is 0. The first kappa shape index (κ1) is 11.5. The zero-order valence-electron chi connectivity index (χ0n) is 11.2. The van der Waals surface area contributed by atoms with Gasteiger partial charge in [0, 0.05) is 11.8 Å². The molecule has 20 heavy (non-hydrogen) atoms. The van der Waals surface area contributed by atoms with Crippen LogP contribution < -0.4 is 0 Å². The molecule has 0 spiro atoms. The van der Waals surface area contributed by atoms with E-state index in [9.17, 15) is 0 Å². The van der Waals surface area contributed by atoms with Crippen LogP contribution in [0.1, 0.15) is 5.56 Å². The van der Waals surface area contributed by atoms with Gasteiger partial charge in [-0.3, -0.25) is 0 Å². The highest BCUT2D eigenvalue weighted by atomic mass is 14.3. The van der Waals surface area contributed by atoms with Crippen LogP contribution in [0.2, 0.25) is 0 Å². The predicted octanol–water partition coefficient (Wildman–Crippen LogP) is 5.15. The quantitative estimate of drug-likeness (QED) is 0.661. The van der Waals surface area contributed by atoms with Gasteiger partial charge in [0.25, 0.3) is 0 Å². The van der Waals surface area contributed by atoms with Gasteiger partial charge in [-0.1, -0.05) is 85.0 Å². The lowest BCUT2D eigenvalue weighted by molar-refractivity contribution is 0.678. The van der Waals surface area contributed by atoms with Gasteiger partial charge in [0.2, 0.25) is 0 Å². The zero-order valence-corrected chi connectivity index (χ0v) is 11.2. The summed E-state index contributed by atoms with van der Waals surface area (Å²) in [6.45, 7) is 0. The Labute approximate surface area is 119 Å². The summed E-state index contributed by atoms with van der Waals surface area (Å²) < 4.78 is 0. The molecule has 0 radical (unpaired) electrons. The summed E-state index contributed by atoms with van der Waals surface area (Å²) in [4.78, 5) is 0. The van der Waals surface area contributed by atoms with Crippen molar-refractivity contribution in [1.29, 1.82) is 0 Å². The third-order valence-electron chi connectivity index (χ3n) is 4.25. The van der Waals surface area contributed by atoms with Gasteiger partial charge in [0.05, 0.1) is 0 Å². The maximum atomic E-state index is 2.32. The van der Waals surface area contributed by atoms with Crippen LogP contribution in [-0.2, 0) is 0 Å². The molecule has 0 fully saturated rings. The molecular weight excluding hydrogens is 240 g/mol. The second kappa shape index (κ2) is 4.64. The molecule has 2 atom stereocenters. The van der Waals surface area contributed by atoms with E-state index in [1.807, 2.05) is 0 Å². The first-order chi connectivity index (χ1) is 9.93. The highest BCUT2D eigenvalue weighted by Gasteiger charge is 2.24. The molecule has 0 heterocycles. The van der Waals surface area contributed by atoms with E-state index < -0.39 is 0 Å². The third-order valence-corrected chi connectivity index (χ3v) is 4.25. The number of fused-ring (bicyclic) bond motifs is 2. The van der Waals surface area contributed by atoms with Crippen LogP contribution in [0.15, 0.2) is 85.0 Å². The second-order valence-electron chi connectivity index (χ2n) is 5.41. The maximum absolute atomic E-state index is 2.32. The Morgan fingerprint density at radius 2 is 1.50 bits per heavy atom. The lowest BCUT2D eigenvalue weighted by Gasteiger charge is -2.28. The summed E-state index contributed by atoms with van der Waals surface area (Å²) in [5.41, 5.74) is 2.79. The van der Waals surface area contributed by atoms with Crippen LogP contribution >= 0.6 is 0 Å². The number of hydrogen-bond donors (Lipinski definition) is 0. The van der Waals surface area contributed by atoms with Crippen LogP contribution in [0.4, 0.5) is 0 Å². The molecule has 96 valence electrons. The molecule has 0 heteroatoms. The molecule has 0 aliphatic heterocycles. The third kappa shape index (κ3) is 1.77. The molecule has 2 unspecified atom stereocenters. The van der Waals surface area contributed by atoms with Crippen molar-refractivity contribution in [3.63, 3.8) is 0 Å². The lowest BCUT2D eigenvalue weighted by atomic mass is 9.76. The van der Waals surface area contributed by atoms with Crippen molar-refractivity contribution in [2.75, 3.05) is 0 Å².